The molecule has 4 atom stereocenters. The maximum Gasteiger partial charge on any atom is 0.108 e. The molecule has 0 unspecified atom stereocenters. The number of furan rings is 6. The van der Waals surface area contributed by atoms with Crippen LogP contribution < -0.4 is 0 Å². The summed E-state index contributed by atoms with van der Waals surface area (Å²) in [6, 6.07) is 19.1. The van der Waals surface area contributed by atoms with Gasteiger partial charge in [0.2, 0.25) is 0 Å². The Balaban J connectivity index is 0. The summed E-state index contributed by atoms with van der Waals surface area (Å²) in [5.41, 5.74) is 4.41. The Morgan fingerprint density at radius 3 is 0.929 bits per heavy atom. The van der Waals surface area contributed by atoms with Crippen LogP contribution in [0.4, 0.5) is 0 Å². The van der Waals surface area contributed by atoms with Gasteiger partial charge in [-0.1, -0.05) is 209 Å². The molecule has 0 amide bonds. The Labute approximate surface area is 527 Å². The van der Waals surface area contributed by atoms with Crippen molar-refractivity contribution in [3.8, 4) is 0 Å². The lowest BCUT2D eigenvalue weighted by Gasteiger charge is -2.32. The monoisotopic (exact) mass is 1180 g/mol. The molecule has 0 aliphatic carbocycles. The Bertz CT molecular complexity index is 2560. The summed E-state index contributed by atoms with van der Waals surface area (Å²) < 4.78 is 34.2. The van der Waals surface area contributed by atoms with Crippen LogP contribution in [0.15, 0.2) is 93.6 Å². The molecular weight excluding hydrogens is 1040 g/mol. The Kier molecular flexibility index (Phi) is 37.2. The van der Waals surface area contributed by atoms with Gasteiger partial charge in [-0.2, -0.15) is 0 Å². The average Bonchev–Trinajstić information content (AvgIpc) is 4.34. The summed E-state index contributed by atoms with van der Waals surface area (Å²) >= 11 is 0. The first-order valence-electron chi connectivity index (χ1n) is 32.6. The molecule has 6 aromatic heterocycles. The highest BCUT2D eigenvalue weighted by molar-refractivity contribution is 5.23. The Morgan fingerprint density at radius 2 is 0.659 bits per heavy atom. The fraction of sp³-hybridized carbons (Fsp3) is 0.696. The van der Waals surface area contributed by atoms with Gasteiger partial charge >= 0.3 is 0 Å². The number of aryl methyl sites for hydroxylation is 5. The van der Waals surface area contributed by atoms with Crippen molar-refractivity contribution in [2.24, 2.45) is 58.2 Å². The largest absolute Gasteiger partial charge is 0.469 e. The minimum atomic E-state index is 0. The third-order valence-electron chi connectivity index (χ3n) is 16.6. The van der Waals surface area contributed by atoms with E-state index in [1.165, 1.54) is 16.7 Å². The molecule has 6 rings (SSSR count). The fourth-order valence-corrected chi connectivity index (χ4v) is 12.7. The summed E-state index contributed by atoms with van der Waals surface area (Å²) in [6.07, 6.45) is 6.14. The van der Waals surface area contributed by atoms with E-state index in [1.54, 1.807) is 0 Å². The zero-order chi connectivity index (χ0) is 64.2. The Morgan fingerprint density at radius 1 is 0.341 bits per heavy atom. The standard InChI is InChI=1S/C15H26O.3C13H22O.C12H20O.C11H18O.2CH4/c1-10(2)12-8-13(16-9-12)14(11(3)4)15(5,6)7;1-9(2)12(13(4,5)6)11-8-7-10(3)14-11;1-8(2)13(9(3)4)12-7-10(5)11(6)14-12;1-6-12(10(4)5)13-7-11(8-14-13)9(2)3;1-8(2)12(9(3)4)11-7-6-10(5)13-11;1-5-10(8(2)3)11-7-6-9(4)12-11;;/h8-11,14H,1-7H3;7-9,12H,1-6H3;7-9,13H,1-6H3;7-10,12H,6H2,1-5H3;6-9,12H,1-5H3;6-8,10H,5H2,1-4H3;2*1H4/t14-;12-;;12-;;10-;;/m00.0.0../s1. The van der Waals surface area contributed by atoms with E-state index in [4.69, 9.17) is 26.5 Å². The van der Waals surface area contributed by atoms with Crippen LogP contribution in [0.1, 0.15) is 343 Å². The number of hydrogen-bond donors (Lipinski definition) is 0. The third-order valence-corrected chi connectivity index (χ3v) is 16.6. The molecule has 6 heterocycles. The van der Waals surface area contributed by atoms with Gasteiger partial charge in [-0.05, 0) is 189 Å². The first kappa shape index (κ1) is 82.7. The maximum atomic E-state index is 5.80. The maximum absolute atomic E-state index is 5.80. The van der Waals surface area contributed by atoms with Crippen molar-refractivity contribution in [1.82, 2.24) is 0 Å². The van der Waals surface area contributed by atoms with Gasteiger partial charge in [0.25, 0.3) is 0 Å². The lowest BCUT2D eigenvalue weighted by atomic mass is 9.73. The van der Waals surface area contributed by atoms with Crippen molar-refractivity contribution < 1.29 is 26.5 Å². The lowest BCUT2D eigenvalue weighted by Crippen LogP contribution is -2.22. The van der Waals surface area contributed by atoms with Crippen LogP contribution in [0, 0.1) is 92.8 Å². The van der Waals surface area contributed by atoms with E-state index < -0.39 is 0 Å². The smallest absolute Gasteiger partial charge is 0.108 e. The molecule has 0 radical (unpaired) electrons. The van der Waals surface area contributed by atoms with Gasteiger partial charge in [-0.25, -0.2) is 0 Å². The van der Waals surface area contributed by atoms with Crippen molar-refractivity contribution in [1.29, 1.82) is 0 Å². The Hall–Kier alpha value is -4.32. The van der Waals surface area contributed by atoms with Crippen molar-refractivity contribution in [3.05, 3.63) is 141 Å². The van der Waals surface area contributed by atoms with Crippen molar-refractivity contribution in [2.45, 2.75) is 304 Å². The minimum Gasteiger partial charge on any atom is -0.469 e. The van der Waals surface area contributed by atoms with Crippen LogP contribution in [0.3, 0.4) is 0 Å². The van der Waals surface area contributed by atoms with Crippen LogP contribution in [-0.4, -0.2) is 0 Å². The van der Waals surface area contributed by atoms with Crippen LogP contribution in [0.25, 0.3) is 0 Å². The first-order chi connectivity index (χ1) is 38.2. The van der Waals surface area contributed by atoms with Crippen molar-refractivity contribution in [2.75, 3.05) is 0 Å². The zero-order valence-corrected chi connectivity index (χ0v) is 60.0. The van der Waals surface area contributed by atoms with Crippen LogP contribution in [-0.2, 0) is 0 Å². The molecule has 6 heteroatoms. The predicted octanol–water partition coefficient (Wildman–Crippen LogP) is 27.4. The molecule has 0 fully saturated rings. The van der Waals surface area contributed by atoms with E-state index in [0.29, 0.717) is 94.7 Å². The van der Waals surface area contributed by atoms with Crippen LogP contribution >= 0.6 is 0 Å². The molecule has 0 N–H and O–H groups in total. The molecule has 0 aromatic carbocycles. The van der Waals surface area contributed by atoms with E-state index in [2.05, 4.69) is 243 Å². The lowest BCUT2D eigenvalue weighted by molar-refractivity contribution is 0.222. The van der Waals surface area contributed by atoms with Gasteiger partial charge in [0.15, 0.2) is 0 Å². The zero-order valence-electron chi connectivity index (χ0n) is 60.0. The van der Waals surface area contributed by atoms with Gasteiger partial charge in [0.1, 0.15) is 57.6 Å². The van der Waals surface area contributed by atoms with Crippen LogP contribution in [0.2, 0.25) is 0 Å². The molecule has 6 aromatic rings. The highest BCUT2D eigenvalue weighted by Crippen LogP contribution is 2.43. The summed E-state index contributed by atoms with van der Waals surface area (Å²) in [5.74, 6) is 20.4. The average molecular weight is 1180 g/mol. The first-order valence-corrected chi connectivity index (χ1v) is 32.6. The fourth-order valence-electron chi connectivity index (χ4n) is 12.7. The predicted molar refractivity (Wildman–Crippen MR) is 372 cm³/mol. The van der Waals surface area contributed by atoms with E-state index in [1.807, 2.05) is 52.4 Å². The second-order valence-corrected chi connectivity index (χ2v) is 29.8. The van der Waals surface area contributed by atoms with Crippen molar-refractivity contribution in [3.63, 3.8) is 0 Å². The highest BCUT2D eigenvalue weighted by atomic mass is 16.4. The normalized spacial score (nSPS) is 13.3. The molecule has 0 aliphatic rings. The summed E-state index contributed by atoms with van der Waals surface area (Å²) in [6.45, 7) is 73.2. The molecule has 0 spiro atoms. The molecule has 0 aliphatic heterocycles. The number of rotatable bonds is 18. The summed E-state index contributed by atoms with van der Waals surface area (Å²) in [5, 5.41) is 0. The van der Waals surface area contributed by atoms with E-state index >= 15 is 0 Å². The quantitative estimate of drug-likeness (QED) is 0.0853. The van der Waals surface area contributed by atoms with Gasteiger partial charge in [-0.15, -0.1) is 0 Å². The van der Waals surface area contributed by atoms with Crippen molar-refractivity contribution >= 4 is 0 Å². The molecule has 0 saturated heterocycles. The molecule has 85 heavy (non-hydrogen) atoms. The molecule has 6 nitrogen and oxygen atoms in total. The molecule has 0 saturated carbocycles. The third kappa shape index (κ3) is 27.3. The molecule has 490 valence electrons. The second-order valence-electron chi connectivity index (χ2n) is 29.8. The minimum absolute atomic E-state index is 0. The molecule has 0 bridgehead atoms. The topological polar surface area (TPSA) is 78.8 Å². The summed E-state index contributed by atoms with van der Waals surface area (Å²) in [7, 11) is 0. The molecular formula is C79H138O6. The van der Waals surface area contributed by atoms with Crippen LogP contribution in [0.5, 0.6) is 0 Å². The SMILES string of the molecule is C.C.CC(C)c1coc([C@H](C(C)C)C(C)(C)C)c1.CC[C@H](c1cc(C(C)C)co1)C(C)C.CC[C@H](c1ccc(C)o1)C(C)C.Cc1cc(C(C(C)C)C(C)C)oc1C.Cc1ccc(C(C(C)C)C(C)C)o1.Cc1ccc([C@H](C(C)C)C(C)(C)C)o1. The van der Waals surface area contributed by atoms with E-state index in [0.717, 1.165) is 70.4 Å². The van der Waals surface area contributed by atoms with Gasteiger partial charge in [0, 0.05) is 35.5 Å². The second kappa shape index (κ2) is 38.2. The van der Waals surface area contributed by atoms with Gasteiger partial charge in [0.05, 0.1) is 12.5 Å². The number of hydrogen-bond acceptors (Lipinski definition) is 6. The van der Waals surface area contributed by atoms with Gasteiger partial charge in [-0.3, -0.25) is 0 Å². The van der Waals surface area contributed by atoms with E-state index in [9.17, 15) is 0 Å². The summed E-state index contributed by atoms with van der Waals surface area (Å²) in [4.78, 5) is 0. The van der Waals surface area contributed by atoms with Gasteiger partial charge < -0.3 is 26.5 Å². The van der Waals surface area contributed by atoms with E-state index in [-0.39, 0.29) is 25.7 Å². The highest BCUT2D eigenvalue weighted by Gasteiger charge is 2.33.